The minimum absolute atomic E-state index is 0.152. The van der Waals surface area contributed by atoms with Crippen LogP contribution in [0.4, 0.5) is 4.39 Å². The van der Waals surface area contributed by atoms with E-state index in [0.29, 0.717) is 6.42 Å². The van der Waals surface area contributed by atoms with E-state index in [0.717, 1.165) is 6.42 Å². The Morgan fingerprint density at radius 3 is 2.78 bits per heavy atom. The molecule has 0 bridgehead atoms. The largest absolute Gasteiger partial charge is 0.400 e. The van der Waals surface area contributed by atoms with Gasteiger partial charge in [0, 0.05) is 5.70 Å². The van der Waals surface area contributed by atoms with Crippen molar-refractivity contribution in [3.05, 3.63) is 22.6 Å². The van der Waals surface area contributed by atoms with Gasteiger partial charge in [-0.1, -0.05) is 17.7 Å². The standard InChI is InChI=1S/C6H7ClFN/c7-4-2-1-3-5(9)6(4)8/h2H,1,3,9H2. The molecule has 0 aromatic rings. The Kier molecular flexibility index (Phi) is 1.76. The molecule has 1 nitrogen and oxygen atoms in total. The fraction of sp³-hybridized carbons (Fsp3) is 0.333. The van der Waals surface area contributed by atoms with Crippen molar-refractivity contribution in [2.45, 2.75) is 12.8 Å². The van der Waals surface area contributed by atoms with E-state index in [1.165, 1.54) is 0 Å². The van der Waals surface area contributed by atoms with Gasteiger partial charge >= 0.3 is 0 Å². The second-order valence-electron chi connectivity index (χ2n) is 1.93. The fourth-order valence-corrected chi connectivity index (χ4v) is 0.938. The van der Waals surface area contributed by atoms with Crippen LogP contribution in [0.2, 0.25) is 0 Å². The number of halogens is 2. The molecule has 0 heterocycles. The molecule has 0 spiro atoms. The summed E-state index contributed by atoms with van der Waals surface area (Å²) in [6.07, 6.45) is 2.97. The molecule has 0 amide bonds. The molecule has 0 saturated carbocycles. The maximum absolute atomic E-state index is 12.5. The first-order valence-electron chi connectivity index (χ1n) is 2.72. The smallest absolute Gasteiger partial charge is 0.160 e. The fourth-order valence-electron chi connectivity index (χ4n) is 0.707. The van der Waals surface area contributed by atoms with Crippen molar-refractivity contribution in [1.82, 2.24) is 0 Å². The summed E-state index contributed by atoms with van der Waals surface area (Å²) in [5.41, 5.74) is 5.51. The van der Waals surface area contributed by atoms with Crippen molar-refractivity contribution in [3.8, 4) is 0 Å². The summed E-state index contributed by atoms with van der Waals surface area (Å²) in [7, 11) is 0. The quantitative estimate of drug-likeness (QED) is 0.558. The van der Waals surface area contributed by atoms with E-state index < -0.39 is 5.83 Å². The lowest BCUT2D eigenvalue weighted by atomic mass is 10.1. The highest BCUT2D eigenvalue weighted by Crippen LogP contribution is 2.25. The molecule has 0 aromatic carbocycles. The maximum atomic E-state index is 12.5. The Morgan fingerprint density at radius 2 is 2.33 bits per heavy atom. The van der Waals surface area contributed by atoms with Gasteiger partial charge in [-0.05, 0) is 12.8 Å². The zero-order chi connectivity index (χ0) is 6.85. The highest BCUT2D eigenvalue weighted by atomic mass is 35.5. The van der Waals surface area contributed by atoms with Crippen LogP contribution in [0.25, 0.3) is 0 Å². The number of rotatable bonds is 0. The van der Waals surface area contributed by atoms with Crippen LogP contribution in [0, 0.1) is 0 Å². The molecule has 50 valence electrons. The van der Waals surface area contributed by atoms with Crippen LogP contribution < -0.4 is 5.73 Å². The Bertz CT molecular complexity index is 183. The van der Waals surface area contributed by atoms with E-state index in [9.17, 15) is 4.39 Å². The van der Waals surface area contributed by atoms with Gasteiger partial charge in [-0.25, -0.2) is 4.39 Å². The van der Waals surface area contributed by atoms with Crippen LogP contribution in [0.3, 0.4) is 0 Å². The molecule has 0 fully saturated rings. The predicted octanol–water partition coefficient (Wildman–Crippen LogP) is 2.04. The van der Waals surface area contributed by atoms with Crippen molar-refractivity contribution >= 4 is 11.6 Å². The molecule has 0 aliphatic heterocycles. The lowest BCUT2D eigenvalue weighted by molar-refractivity contribution is 0.628. The van der Waals surface area contributed by atoms with Crippen LogP contribution in [0.5, 0.6) is 0 Å². The van der Waals surface area contributed by atoms with Crippen LogP contribution in [0.15, 0.2) is 22.6 Å². The normalized spacial score (nSPS) is 20.0. The molecular formula is C6H7ClFN. The van der Waals surface area contributed by atoms with Gasteiger partial charge in [0.05, 0.1) is 5.03 Å². The molecule has 2 N–H and O–H groups in total. The first kappa shape index (κ1) is 6.62. The SMILES string of the molecule is NC1=C(F)C(Cl)=CCC1. The number of hydrogen-bond donors (Lipinski definition) is 1. The first-order valence-corrected chi connectivity index (χ1v) is 3.10. The third-order valence-corrected chi connectivity index (χ3v) is 1.55. The van der Waals surface area contributed by atoms with Crippen LogP contribution in [0.1, 0.15) is 12.8 Å². The Labute approximate surface area is 58.0 Å². The summed E-state index contributed by atoms with van der Waals surface area (Å²) in [6.45, 7) is 0. The van der Waals surface area contributed by atoms with E-state index in [4.69, 9.17) is 17.3 Å². The number of allylic oxidation sites excluding steroid dienone is 4. The van der Waals surface area contributed by atoms with Gasteiger partial charge < -0.3 is 5.73 Å². The van der Waals surface area contributed by atoms with Crippen molar-refractivity contribution in [3.63, 3.8) is 0 Å². The van der Waals surface area contributed by atoms with Gasteiger partial charge in [0.15, 0.2) is 5.83 Å². The molecular weight excluding hydrogens is 141 g/mol. The van der Waals surface area contributed by atoms with Crippen molar-refractivity contribution in [2.24, 2.45) is 5.73 Å². The average Bonchev–Trinajstić information content (AvgIpc) is 1.83. The van der Waals surface area contributed by atoms with Gasteiger partial charge in [0.2, 0.25) is 0 Å². The summed E-state index contributed by atoms with van der Waals surface area (Å²) >= 11 is 5.41. The van der Waals surface area contributed by atoms with Crippen molar-refractivity contribution in [1.29, 1.82) is 0 Å². The molecule has 1 rings (SSSR count). The third kappa shape index (κ3) is 1.24. The molecule has 0 aromatic heterocycles. The van der Waals surface area contributed by atoms with Crippen molar-refractivity contribution in [2.75, 3.05) is 0 Å². The second kappa shape index (κ2) is 2.40. The van der Waals surface area contributed by atoms with Gasteiger partial charge in [-0.15, -0.1) is 0 Å². The topological polar surface area (TPSA) is 26.0 Å². The van der Waals surface area contributed by atoms with Gasteiger partial charge in [0.25, 0.3) is 0 Å². The number of nitrogens with two attached hydrogens (primary N) is 1. The summed E-state index contributed by atoms with van der Waals surface area (Å²) in [5.74, 6) is -0.456. The molecule has 0 unspecified atom stereocenters. The third-order valence-electron chi connectivity index (χ3n) is 1.23. The molecule has 1 aliphatic rings. The highest BCUT2D eigenvalue weighted by Gasteiger charge is 2.10. The zero-order valence-corrected chi connectivity index (χ0v) is 5.58. The maximum Gasteiger partial charge on any atom is 0.160 e. The average molecular weight is 148 g/mol. The summed E-state index contributed by atoms with van der Waals surface area (Å²) < 4.78 is 12.5. The van der Waals surface area contributed by atoms with E-state index in [2.05, 4.69) is 0 Å². The molecule has 0 saturated heterocycles. The molecule has 1 aliphatic carbocycles. The lowest BCUT2D eigenvalue weighted by Gasteiger charge is -2.06. The second-order valence-corrected chi connectivity index (χ2v) is 2.34. The molecule has 0 radical (unpaired) electrons. The highest BCUT2D eigenvalue weighted by molar-refractivity contribution is 6.31. The Hall–Kier alpha value is -0.500. The van der Waals surface area contributed by atoms with Gasteiger partial charge in [-0.2, -0.15) is 0 Å². The molecule has 9 heavy (non-hydrogen) atoms. The van der Waals surface area contributed by atoms with Crippen LogP contribution in [-0.2, 0) is 0 Å². The monoisotopic (exact) mass is 147 g/mol. The Morgan fingerprint density at radius 1 is 1.67 bits per heavy atom. The minimum Gasteiger partial charge on any atom is -0.400 e. The summed E-state index contributed by atoms with van der Waals surface area (Å²) in [6, 6.07) is 0. The first-order chi connectivity index (χ1) is 4.22. The summed E-state index contributed by atoms with van der Waals surface area (Å²) in [4.78, 5) is 0. The predicted molar refractivity (Wildman–Crippen MR) is 35.5 cm³/mol. The van der Waals surface area contributed by atoms with Crippen LogP contribution in [-0.4, -0.2) is 0 Å². The summed E-state index contributed by atoms with van der Waals surface area (Å²) in [5, 5.41) is 0.152. The Balaban J connectivity index is 2.88. The molecule has 3 heteroatoms. The minimum atomic E-state index is -0.456. The van der Waals surface area contributed by atoms with E-state index >= 15 is 0 Å². The molecule has 0 atom stereocenters. The number of hydrogen-bond acceptors (Lipinski definition) is 1. The lowest BCUT2D eigenvalue weighted by Crippen LogP contribution is -2.03. The van der Waals surface area contributed by atoms with E-state index in [1.54, 1.807) is 6.08 Å². The van der Waals surface area contributed by atoms with Crippen LogP contribution >= 0.6 is 11.6 Å². The van der Waals surface area contributed by atoms with Crippen molar-refractivity contribution < 1.29 is 4.39 Å². The van der Waals surface area contributed by atoms with E-state index in [-0.39, 0.29) is 10.7 Å². The van der Waals surface area contributed by atoms with Gasteiger partial charge in [0.1, 0.15) is 0 Å². The van der Waals surface area contributed by atoms with Gasteiger partial charge in [-0.3, -0.25) is 0 Å². The van der Waals surface area contributed by atoms with E-state index in [1.807, 2.05) is 0 Å². The zero-order valence-electron chi connectivity index (χ0n) is 4.82.